The van der Waals surface area contributed by atoms with E-state index in [2.05, 4.69) is 0 Å². The Labute approximate surface area is 113 Å². The molecule has 1 aromatic rings. The molecule has 1 heterocycles. The normalized spacial score (nSPS) is 18.8. The summed E-state index contributed by atoms with van der Waals surface area (Å²) in [5, 5.41) is 0. The lowest BCUT2D eigenvalue weighted by molar-refractivity contribution is -0.130. The monoisotopic (exact) mass is 261 g/mol. The van der Waals surface area contributed by atoms with Gasteiger partial charge < -0.3 is 4.74 Å². The quantitative estimate of drug-likeness (QED) is 0.818. The van der Waals surface area contributed by atoms with Crippen LogP contribution in [-0.4, -0.2) is 23.0 Å². The summed E-state index contributed by atoms with van der Waals surface area (Å²) in [5.41, 5.74) is 2.05. The lowest BCUT2D eigenvalue weighted by Gasteiger charge is -2.13. The summed E-state index contributed by atoms with van der Waals surface area (Å²) in [6.45, 7) is 4.31. The van der Waals surface area contributed by atoms with Crippen molar-refractivity contribution >= 4 is 12.0 Å². The first-order chi connectivity index (χ1) is 9.13. The molecule has 0 aliphatic carbocycles. The molecule has 0 radical (unpaired) electrons. The van der Waals surface area contributed by atoms with Gasteiger partial charge in [-0.15, -0.1) is 0 Å². The first-order valence-corrected chi connectivity index (χ1v) is 6.70. The van der Waals surface area contributed by atoms with Crippen molar-refractivity contribution in [3.8, 4) is 0 Å². The van der Waals surface area contributed by atoms with Gasteiger partial charge in [0.1, 0.15) is 0 Å². The molecule has 1 saturated heterocycles. The third kappa shape index (κ3) is 2.95. The highest BCUT2D eigenvalue weighted by Gasteiger charge is 2.39. The summed E-state index contributed by atoms with van der Waals surface area (Å²) in [5.74, 6) is -0.207. The number of nitrogens with zero attached hydrogens (tertiary/aromatic N) is 1. The Balaban J connectivity index is 2.07. The number of benzene rings is 1. The van der Waals surface area contributed by atoms with E-state index in [-0.39, 0.29) is 5.91 Å². The number of hydrogen-bond donors (Lipinski definition) is 0. The van der Waals surface area contributed by atoms with Crippen LogP contribution >= 0.6 is 0 Å². The van der Waals surface area contributed by atoms with Crippen molar-refractivity contribution in [3.05, 3.63) is 35.4 Å². The Morgan fingerprint density at radius 2 is 2.00 bits per heavy atom. The van der Waals surface area contributed by atoms with Gasteiger partial charge in [-0.1, -0.05) is 37.6 Å². The number of unbranched alkanes of at least 4 members (excludes halogenated alkanes) is 1. The van der Waals surface area contributed by atoms with Crippen LogP contribution in [0.15, 0.2) is 24.3 Å². The summed E-state index contributed by atoms with van der Waals surface area (Å²) in [6, 6.07) is 7.74. The predicted molar refractivity (Wildman–Crippen MR) is 71.5 cm³/mol. The summed E-state index contributed by atoms with van der Waals surface area (Å²) in [7, 11) is 0. The van der Waals surface area contributed by atoms with E-state index in [1.165, 1.54) is 4.90 Å². The Morgan fingerprint density at radius 1 is 1.26 bits per heavy atom. The van der Waals surface area contributed by atoms with Gasteiger partial charge in [-0.3, -0.25) is 4.79 Å². The van der Waals surface area contributed by atoms with Crippen molar-refractivity contribution in [1.82, 2.24) is 4.90 Å². The van der Waals surface area contributed by atoms with E-state index < -0.39 is 12.2 Å². The Morgan fingerprint density at radius 3 is 2.68 bits per heavy atom. The standard InChI is InChI=1S/C15H19NO3/c1-3-4-9-13-14(17)16(15(18)19-13)10-12-8-6-5-7-11(12)2/h5-8,13H,3-4,9-10H2,1-2H3. The molecule has 4 nitrogen and oxygen atoms in total. The minimum absolute atomic E-state index is 0.207. The number of aryl methyl sites for hydroxylation is 1. The summed E-state index contributed by atoms with van der Waals surface area (Å²) < 4.78 is 5.14. The molecule has 2 amide bonds. The minimum Gasteiger partial charge on any atom is -0.436 e. The van der Waals surface area contributed by atoms with Crippen LogP contribution in [-0.2, 0) is 16.1 Å². The lowest BCUT2D eigenvalue weighted by atomic mass is 10.1. The highest BCUT2D eigenvalue weighted by atomic mass is 16.6. The van der Waals surface area contributed by atoms with E-state index in [0.717, 1.165) is 24.0 Å². The molecule has 1 fully saturated rings. The van der Waals surface area contributed by atoms with Crippen molar-refractivity contribution in [2.24, 2.45) is 0 Å². The van der Waals surface area contributed by atoms with Crippen LogP contribution in [0.3, 0.4) is 0 Å². The summed E-state index contributed by atoms with van der Waals surface area (Å²) in [4.78, 5) is 25.1. The van der Waals surface area contributed by atoms with E-state index in [1.54, 1.807) is 0 Å². The zero-order valence-electron chi connectivity index (χ0n) is 11.4. The van der Waals surface area contributed by atoms with Crippen molar-refractivity contribution < 1.29 is 14.3 Å². The van der Waals surface area contributed by atoms with Gasteiger partial charge in [0.15, 0.2) is 6.10 Å². The number of carbonyl (C=O) groups is 2. The highest BCUT2D eigenvalue weighted by Crippen LogP contribution is 2.21. The van der Waals surface area contributed by atoms with Gasteiger partial charge in [0, 0.05) is 0 Å². The smallest absolute Gasteiger partial charge is 0.417 e. The summed E-state index contributed by atoms with van der Waals surface area (Å²) in [6.07, 6.45) is 1.39. The number of amides is 2. The van der Waals surface area contributed by atoms with E-state index in [0.29, 0.717) is 13.0 Å². The number of rotatable bonds is 5. The SMILES string of the molecule is CCCCC1OC(=O)N(Cc2ccccc2C)C1=O. The topological polar surface area (TPSA) is 46.6 Å². The molecular weight excluding hydrogens is 242 g/mol. The van der Waals surface area contributed by atoms with Crippen LogP contribution in [0.25, 0.3) is 0 Å². The summed E-state index contributed by atoms with van der Waals surface area (Å²) >= 11 is 0. The van der Waals surface area contributed by atoms with Gasteiger partial charge in [0.25, 0.3) is 5.91 Å². The number of carbonyl (C=O) groups excluding carboxylic acids is 2. The third-order valence-electron chi connectivity index (χ3n) is 3.41. The molecule has 19 heavy (non-hydrogen) atoms. The second-order valence-electron chi connectivity index (χ2n) is 4.87. The second-order valence-corrected chi connectivity index (χ2v) is 4.87. The fraction of sp³-hybridized carbons (Fsp3) is 0.467. The molecule has 1 atom stereocenters. The third-order valence-corrected chi connectivity index (χ3v) is 3.41. The first-order valence-electron chi connectivity index (χ1n) is 6.70. The maximum absolute atomic E-state index is 12.1. The maximum atomic E-state index is 12.1. The number of imide groups is 1. The van der Waals surface area contributed by atoms with E-state index in [1.807, 2.05) is 38.1 Å². The molecule has 4 heteroatoms. The van der Waals surface area contributed by atoms with Gasteiger partial charge in [-0.25, -0.2) is 9.69 Å². The van der Waals surface area contributed by atoms with Crippen LogP contribution in [0.4, 0.5) is 4.79 Å². The van der Waals surface area contributed by atoms with Gasteiger partial charge in [0.2, 0.25) is 0 Å². The largest absolute Gasteiger partial charge is 0.436 e. The maximum Gasteiger partial charge on any atom is 0.417 e. The number of ether oxygens (including phenoxy) is 1. The van der Waals surface area contributed by atoms with Gasteiger partial charge in [0.05, 0.1) is 6.54 Å². The molecule has 0 spiro atoms. The van der Waals surface area contributed by atoms with Gasteiger partial charge in [-0.2, -0.15) is 0 Å². The Bertz CT molecular complexity index is 484. The van der Waals surface area contributed by atoms with Gasteiger partial charge in [-0.05, 0) is 30.9 Å². The van der Waals surface area contributed by atoms with Crippen LogP contribution in [0.1, 0.15) is 37.3 Å². The predicted octanol–water partition coefficient (Wildman–Crippen LogP) is 3.03. The first kappa shape index (κ1) is 13.6. The molecule has 0 aromatic heterocycles. The minimum atomic E-state index is -0.587. The highest BCUT2D eigenvalue weighted by molar-refractivity contribution is 5.99. The number of hydrogen-bond acceptors (Lipinski definition) is 3. The molecule has 0 saturated carbocycles. The average molecular weight is 261 g/mol. The molecule has 0 bridgehead atoms. The van der Waals surface area contributed by atoms with Crippen molar-refractivity contribution in [2.45, 2.75) is 45.8 Å². The fourth-order valence-electron chi connectivity index (χ4n) is 2.17. The molecule has 1 unspecified atom stereocenters. The zero-order valence-corrected chi connectivity index (χ0v) is 11.4. The molecule has 102 valence electrons. The zero-order chi connectivity index (χ0) is 13.8. The molecule has 1 aromatic carbocycles. The molecule has 1 aliphatic heterocycles. The van der Waals surface area contributed by atoms with E-state index >= 15 is 0 Å². The lowest BCUT2D eigenvalue weighted by Crippen LogP contribution is -2.31. The second kappa shape index (κ2) is 5.87. The fourth-order valence-corrected chi connectivity index (χ4v) is 2.17. The molecular formula is C15H19NO3. The average Bonchev–Trinajstić information content (AvgIpc) is 2.66. The van der Waals surface area contributed by atoms with Crippen molar-refractivity contribution in [3.63, 3.8) is 0 Å². The Hall–Kier alpha value is -1.84. The van der Waals surface area contributed by atoms with Gasteiger partial charge >= 0.3 is 6.09 Å². The van der Waals surface area contributed by atoms with Crippen LogP contribution < -0.4 is 0 Å². The molecule has 1 aliphatic rings. The molecule has 0 N–H and O–H groups in total. The van der Waals surface area contributed by atoms with E-state index in [9.17, 15) is 9.59 Å². The van der Waals surface area contributed by atoms with Crippen LogP contribution in [0, 0.1) is 6.92 Å². The van der Waals surface area contributed by atoms with Crippen LogP contribution in [0.5, 0.6) is 0 Å². The Kier molecular flexibility index (Phi) is 4.20. The van der Waals surface area contributed by atoms with Crippen molar-refractivity contribution in [2.75, 3.05) is 0 Å². The number of cyclic esters (lactones) is 1. The van der Waals surface area contributed by atoms with Crippen LogP contribution in [0.2, 0.25) is 0 Å². The van der Waals surface area contributed by atoms with E-state index in [4.69, 9.17) is 4.74 Å². The molecule has 2 rings (SSSR count). The van der Waals surface area contributed by atoms with Crippen molar-refractivity contribution in [1.29, 1.82) is 0 Å².